The summed E-state index contributed by atoms with van der Waals surface area (Å²) < 4.78 is 106. The number of hydrogen-bond acceptors (Lipinski definition) is 10. The number of ether oxygens (including phenoxy) is 3. The molecule has 61 heavy (non-hydrogen) atoms. The van der Waals surface area contributed by atoms with Gasteiger partial charge < -0.3 is 29.7 Å². The topological polar surface area (TPSA) is 182 Å². The Morgan fingerprint density at radius 1 is 1.08 bits per heavy atom. The summed E-state index contributed by atoms with van der Waals surface area (Å²) in [6, 6.07) is 1.16. The first kappa shape index (κ1) is 44.4. The Labute approximate surface area is 351 Å². The van der Waals surface area contributed by atoms with E-state index < -0.39 is 128 Å². The number of hydrogen-bond donors (Lipinski definition) is 3. The highest BCUT2D eigenvalue weighted by Crippen LogP contribution is 2.54. The number of carbonyl (C=O) groups excluding carboxylic acids is 4. The van der Waals surface area contributed by atoms with Gasteiger partial charge in [0.25, 0.3) is 5.91 Å². The summed E-state index contributed by atoms with van der Waals surface area (Å²) in [6.07, 6.45) is -3.17. The number of halogens is 4. The maximum absolute atomic E-state index is 16.9. The molecule has 7 rings (SSSR count). The Morgan fingerprint density at radius 3 is 2.46 bits per heavy atom. The van der Waals surface area contributed by atoms with Gasteiger partial charge in [-0.2, -0.15) is 13.2 Å². The summed E-state index contributed by atoms with van der Waals surface area (Å²) in [7, 11) is -2.80. The van der Waals surface area contributed by atoms with Crippen LogP contribution in [-0.2, 0) is 35.3 Å². The average molecular weight is 880 g/mol. The maximum Gasteiger partial charge on any atom is 0.437 e. The van der Waals surface area contributed by atoms with E-state index in [-0.39, 0.29) is 29.5 Å². The molecule has 334 valence electrons. The van der Waals surface area contributed by atoms with Crippen molar-refractivity contribution in [2.24, 2.45) is 11.3 Å². The van der Waals surface area contributed by atoms with E-state index in [9.17, 15) is 40.8 Å². The second-order valence-corrected chi connectivity index (χ2v) is 20.8. The Balaban J connectivity index is 1.29. The zero-order chi connectivity index (χ0) is 44.5. The summed E-state index contributed by atoms with van der Waals surface area (Å²) in [4.78, 5) is 61.7. The number of pyridine rings is 1. The molecule has 1 aromatic heterocycles. The van der Waals surface area contributed by atoms with Gasteiger partial charge in [0.15, 0.2) is 11.4 Å². The SMILES string of the molecule is COc1ccc2nc(C(F)(F)F)c3c(c2c1)[C@H](F)C[C@]1(C[C@H]2C(=O)N[C@]4(C(=O)NS(=O)(=O)C5(C)CC5)C[C@H]4/C=C\CCCCC[C@H](NC(=O)OC(C)C(C)(C)C)C(=O)N2C1)O3. The van der Waals surface area contributed by atoms with Gasteiger partial charge in [-0.05, 0) is 76.0 Å². The van der Waals surface area contributed by atoms with Gasteiger partial charge in [-0.3, -0.25) is 19.1 Å². The van der Waals surface area contributed by atoms with Gasteiger partial charge in [0.05, 0.1) is 23.9 Å². The van der Waals surface area contributed by atoms with Crippen molar-refractivity contribution in [1.82, 2.24) is 25.2 Å². The zero-order valence-electron chi connectivity index (χ0n) is 35.0. The van der Waals surface area contributed by atoms with Crippen LogP contribution in [0, 0.1) is 11.3 Å². The number of benzene rings is 1. The van der Waals surface area contributed by atoms with Gasteiger partial charge in [-0.25, -0.2) is 22.6 Å². The van der Waals surface area contributed by atoms with Crippen LogP contribution in [0.25, 0.3) is 10.9 Å². The lowest BCUT2D eigenvalue weighted by atomic mass is 9.85. The van der Waals surface area contributed by atoms with Gasteiger partial charge in [0.1, 0.15) is 41.2 Å². The highest BCUT2D eigenvalue weighted by Gasteiger charge is 2.64. The molecular weight excluding hydrogens is 827 g/mol. The van der Waals surface area contributed by atoms with E-state index in [1.54, 1.807) is 13.0 Å². The standard InChI is InChI=1S/C42H53F4N5O9S/c1-23(38(2,3)4)59-37(55)48-29-13-11-9-7-8-10-12-24-19-41(24,36(54)50-61(56,57)39(5)16-17-39)49-34(52)30-21-40(22-51(30)35(29)53)20-27(43)31-26-18-25(58-6)14-15-28(26)47-33(32(31)60-40)42(44,45)46/h10,12,14-15,18,23-24,27,29-30H,7-9,11,13,16-17,19-22H2,1-6H3,(H,48,55)(H,49,52)(H,50,54)/b12-10-/t23?,24-,27-,29+,30+,40-,41-/m1/s1. The number of carbonyl (C=O) groups is 4. The monoisotopic (exact) mass is 879 g/mol. The van der Waals surface area contributed by atoms with Crippen LogP contribution in [0.5, 0.6) is 11.5 Å². The minimum absolute atomic E-state index is 0.0225. The van der Waals surface area contributed by atoms with Crippen LogP contribution in [0.3, 0.4) is 0 Å². The molecule has 7 atom stereocenters. The molecule has 14 nitrogen and oxygen atoms in total. The van der Waals surface area contributed by atoms with Crippen molar-refractivity contribution in [2.75, 3.05) is 13.7 Å². The fraction of sp³-hybridized carbons (Fsp3) is 0.643. The lowest BCUT2D eigenvalue weighted by Gasteiger charge is -2.38. The van der Waals surface area contributed by atoms with Crippen molar-refractivity contribution >= 4 is 44.7 Å². The van der Waals surface area contributed by atoms with Crippen molar-refractivity contribution in [1.29, 1.82) is 0 Å². The maximum atomic E-state index is 16.9. The number of aromatic nitrogens is 1. The summed E-state index contributed by atoms with van der Waals surface area (Å²) >= 11 is 0. The van der Waals surface area contributed by atoms with Crippen LogP contribution in [-0.4, -0.2) is 89.8 Å². The van der Waals surface area contributed by atoms with Crippen molar-refractivity contribution in [3.63, 3.8) is 0 Å². The van der Waals surface area contributed by atoms with Crippen LogP contribution >= 0.6 is 0 Å². The van der Waals surface area contributed by atoms with E-state index in [0.29, 0.717) is 38.5 Å². The van der Waals surface area contributed by atoms with E-state index in [0.717, 1.165) is 4.90 Å². The second kappa shape index (κ2) is 15.6. The zero-order valence-corrected chi connectivity index (χ0v) is 35.9. The number of amides is 4. The minimum atomic E-state index is -5.11. The van der Waals surface area contributed by atoms with Gasteiger partial charge in [-0.1, -0.05) is 45.8 Å². The first-order valence-corrected chi connectivity index (χ1v) is 22.2. The van der Waals surface area contributed by atoms with Crippen molar-refractivity contribution in [2.45, 2.75) is 145 Å². The van der Waals surface area contributed by atoms with Gasteiger partial charge in [-0.15, -0.1) is 0 Å². The van der Waals surface area contributed by atoms with Crippen LogP contribution in [0.4, 0.5) is 22.4 Å². The summed E-state index contributed by atoms with van der Waals surface area (Å²) in [5.41, 5.74) is -6.21. The van der Waals surface area contributed by atoms with Gasteiger partial charge in [0.2, 0.25) is 21.8 Å². The molecule has 4 amide bonds. The number of sulfonamides is 1. The molecular formula is C42H53F4N5O9S. The number of rotatable bonds is 6. The molecule has 19 heteroatoms. The molecule has 3 N–H and O–H groups in total. The number of fused-ring (bicyclic) bond motifs is 5. The summed E-state index contributed by atoms with van der Waals surface area (Å²) in [5.74, 6) is -4.00. The highest BCUT2D eigenvalue weighted by molar-refractivity contribution is 7.91. The third-order valence-electron chi connectivity index (χ3n) is 13.0. The fourth-order valence-electron chi connectivity index (χ4n) is 8.39. The number of alkyl carbamates (subject to hydrolysis) is 1. The summed E-state index contributed by atoms with van der Waals surface area (Å²) in [5, 5.41) is 5.38. The molecule has 5 aliphatic rings. The van der Waals surface area contributed by atoms with Crippen molar-refractivity contribution in [3.8, 4) is 11.5 Å². The third-order valence-corrected chi connectivity index (χ3v) is 15.2. The van der Waals surface area contributed by atoms with E-state index in [2.05, 4.69) is 20.3 Å². The molecule has 4 heterocycles. The minimum Gasteiger partial charge on any atom is -0.497 e. The van der Waals surface area contributed by atoms with Gasteiger partial charge >= 0.3 is 12.3 Å². The molecule has 2 aliphatic carbocycles. The van der Waals surface area contributed by atoms with E-state index in [4.69, 9.17) is 14.2 Å². The molecule has 1 saturated heterocycles. The van der Waals surface area contributed by atoms with E-state index >= 15 is 4.39 Å². The second-order valence-electron chi connectivity index (χ2n) is 18.6. The molecule has 1 spiro atoms. The number of allylic oxidation sites excluding steroid dienone is 1. The first-order valence-electron chi connectivity index (χ1n) is 20.7. The Kier molecular flexibility index (Phi) is 11.3. The Hall–Kier alpha value is -4.68. The molecule has 3 fully saturated rings. The lowest BCUT2D eigenvalue weighted by Crippen LogP contribution is -2.58. The predicted octanol–water partition coefficient (Wildman–Crippen LogP) is 6.32. The van der Waals surface area contributed by atoms with Gasteiger partial charge in [0, 0.05) is 29.7 Å². The van der Waals surface area contributed by atoms with Crippen LogP contribution in [0.1, 0.15) is 116 Å². The number of nitrogens with zero attached hydrogens (tertiary/aromatic N) is 2. The van der Waals surface area contributed by atoms with E-state index in [1.165, 1.54) is 32.2 Å². The normalized spacial score (nSPS) is 30.0. The molecule has 1 unspecified atom stereocenters. The van der Waals surface area contributed by atoms with Crippen LogP contribution in [0.2, 0.25) is 0 Å². The summed E-state index contributed by atoms with van der Waals surface area (Å²) in [6.45, 7) is 8.20. The van der Waals surface area contributed by atoms with E-state index in [1.807, 2.05) is 26.8 Å². The van der Waals surface area contributed by atoms with Crippen molar-refractivity contribution in [3.05, 3.63) is 41.6 Å². The van der Waals surface area contributed by atoms with Crippen LogP contribution < -0.4 is 24.8 Å². The number of methoxy groups -OCH3 is 1. The molecule has 0 bridgehead atoms. The smallest absolute Gasteiger partial charge is 0.437 e. The first-order chi connectivity index (χ1) is 28.4. The Morgan fingerprint density at radius 2 is 1.80 bits per heavy atom. The number of alkyl halides is 4. The number of nitrogens with one attached hydrogen (secondary N) is 3. The Bertz CT molecular complexity index is 2260. The fourth-order valence-corrected chi connectivity index (χ4v) is 9.70. The molecule has 2 saturated carbocycles. The molecule has 1 aromatic carbocycles. The van der Waals surface area contributed by atoms with Crippen LogP contribution in [0.15, 0.2) is 30.4 Å². The molecule has 2 aromatic rings. The third kappa shape index (κ3) is 8.59. The quantitative estimate of drug-likeness (QED) is 0.220. The lowest BCUT2D eigenvalue weighted by molar-refractivity contribution is -0.145. The average Bonchev–Trinajstić information content (AvgIpc) is 4.06. The highest BCUT2D eigenvalue weighted by atomic mass is 32.2. The van der Waals surface area contributed by atoms with Crippen molar-refractivity contribution < 1.29 is 59.4 Å². The predicted molar refractivity (Wildman–Crippen MR) is 213 cm³/mol. The molecule has 0 radical (unpaired) electrons. The molecule has 3 aliphatic heterocycles. The largest absolute Gasteiger partial charge is 0.497 e.